The lowest BCUT2D eigenvalue weighted by Crippen LogP contribution is -2.42. The molecule has 1 aromatic rings. The minimum absolute atomic E-state index is 0.258. The van der Waals surface area contributed by atoms with Gasteiger partial charge in [-0.25, -0.2) is 0 Å². The quantitative estimate of drug-likeness (QED) is 0.820. The van der Waals surface area contributed by atoms with Crippen LogP contribution < -0.4 is 10.1 Å². The zero-order valence-corrected chi connectivity index (χ0v) is 14.3. The van der Waals surface area contributed by atoms with Crippen LogP contribution in [0.15, 0.2) is 22.7 Å². The van der Waals surface area contributed by atoms with E-state index in [9.17, 15) is 4.79 Å². The van der Waals surface area contributed by atoms with Crippen molar-refractivity contribution in [2.75, 3.05) is 19.7 Å². The zero-order chi connectivity index (χ0) is 15.1. The molecule has 0 aliphatic heterocycles. The first-order chi connectivity index (χ1) is 9.53. The number of benzene rings is 1. The molecule has 0 aliphatic carbocycles. The third-order valence-corrected chi connectivity index (χ3v) is 3.61. The molecule has 0 radical (unpaired) electrons. The van der Waals surface area contributed by atoms with E-state index < -0.39 is 0 Å². The molecule has 0 aromatic heterocycles. The second-order valence-electron chi connectivity index (χ2n) is 4.01. The third-order valence-electron chi connectivity index (χ3n) is 2.76. The van der Waals surface area contributed by atoms with Crippen LogP contribution in [-0.4, -0.2) is 35.6 Å². The molecule has 0 heterocycles. The molecule has 1 amide bonds. The molecule has 0 atom stereocenters. The molecule has 1 aromatic carbocycles. The molecule has 1 rings (SSSR count). The summed E-state index contributed by atoms with van der Waals surface area (Å²) in [5, 5.41) is 3.17. The van der Waals surface area contributed by atoms with Gasteiger partial charge >= 0.3 is 0 Å². The van der Waals surface area contributed by atoms with Gasteiger partial charge in [-0.2, -0.15) is 0 Å². The van der Waals surface area contributed by atoms with E-state index in [0.29, 0.717) is 23.0 Å². The van der Waals surface area contributed by atoms with E-state index >= 15 is 0 Å². The molecule has 6 heteroatoms. The first-order valence-electron chi connectivity index (χ1n) is 6.56. The van der Waals surface area contributed by atoms with Gasteiger partial charge in [-0.3, -0.25) is 10.1 Å². The topological polar surface area (TPSA) is 41.6 Å². The number of hydrogen-bond donors (Lipinski definition) is 1. The summed E-state index contributed by atoms with van der Waals surface area (Å²) in [4.78, 5) is 14.2. The standard InChI is InChI=1S/C14H19BrN2O2S/c1-4-17(5-2)14(20)16-13(18)11-9-10(15)7-8-12(11)19-6-3/h7-9H,4-6H2,1-3H3,(H,16,18,20). The zero-order valence-electron chi connectivity index (χ0n) is 11.9. The number of rotatable bonds is 5. The van der Waals surface area contributed by atoms with Crippen LogP contribution >= 0.6 is 28.1 Å². The molecule has 0 fully saturated rings. The van der Waals surface area contributed by atoms with E-state index in [4.69, 9.17) is 17.0 Å². The minimum Gasteiger partial charge on any atom is -0.493 e. The Balaban J connectivity index is 2.91. The van der Waals surface area contributed by atoms with Crippen LogP contribution in [0, 0.1) is 0 Å². The number of carbonyl (C=O) groups excluding carboxylic acids is 1. The highest BCUT2D eigenvalue weighted by molar-refractivity contribution is 9.10. The Labute approximate surface area is 133 Å². The molecule has 4 nitrogen and oxygen atoms in total. The Bertz CT molecular complexity index is 490. The lowest BCUT2D eigenvalue weighted by molar-refractivity contribution is 0.0970. The first kappa shape index (κ1) is 16.9. The number of nitrogens with one attached hydrogen (secondary N) is 1. The maximum atomic E-state index is 12.3. The highest BCUT2D eigenvalue weighted by atomic mass is 79.9. The molecule has 0 aliphatic rings. The lowest BCUT2D eigenvalue weighted by atomic mass is 10.2. The Kier molecular flexibility index (Phi) is 6.95. The average molecular weight is 359 g/mol. The molecule has 0 saturated heterocycles. The van der Waals surface area contributed by atoms with Crippen LogP contribution in [0.2, 0.25) is 0 Å². The van der Waals surface area contributed by atoms with Gasteiger partial charge in [-0.1, -0.05) is 15.9 Å². The minimum atomic E-state index is -0.258. The van der Waals surface area contributed by atoms with Crippen LogP contribution in [0.3, 0.4) is 0 Å². The molecule has 0 unspecified atom stereocenters. The van der Waals surface area contributed by atoms with E-state index in [1.165, 1.54) is 0 Å². The molecule has 1 N–H and O–H groups in total. The molecule has 0 bridgehead atoms. The van der Waals surface area contributed by atoms with Crippen molar-refractivity contribution in [3.05, 3.63) is 28.2 Å². The van der Waals surface area contributed by atoms with E-state index in [2.05, 4.69) is 21.2 Å². The van der Waals surface area contributed by atoms with Crippen LogP contribution in [0.1, 0.15) is 31.1 Å². The number of carbonyl (C=O) groups is 1. The summed E-state index contributed by atoms with van der Waals surface area (Å²) in [6.45, 7) is 7.88. The highest BCUT2D eigenvalue weighted by Crippen LogP contribution is 2.23. The normalized spacial score (nSPS) is 10.0. The van der Waals surface area contributed by atoms with E-state index in [0.717, 1.165) is 17.6 Å². The monoisotopic (exact) mass is 358 g/mol. The van der Waals surface area contributed by atoms with Crippen molar-refractivity contribution in [2.24, 2.45) is 0 Å². The molecule has 110 valence electrons. The summed E-state index contributed by atoms with van der Waals surface area (Å²) in [6.07, 6.45) is 0. The fourth-order valence-electron chi connectivity index (χ4n) is 1.72. The first-order valence-corrected chi connectivity index (χ1v) is 7.76. The fourth-order valence-corrected chi connectivity index (χ4v) is 2.43. The van der Waals surface area contributed by atoms with Gasteiger partial charge in [0.2, 0.25) is 0 Å². The SMILES string of the molecule is CCOc1ccc(Br)cc1C(=O)NC(=S)N(CC)CC. The van der Waals surface area contributed by atoms with Gasteiger partial charge in [0.15, 0.2) is 5.11 Å². The fraction of sp³-hybridized carbons (Fsp3) is 0.429. The summed E-state index contributed by atoms with van der Waals surface area (Å²) >= 11 is 8.59. The molecular weight excluding hydrogens is 340 g/mol. The Morgan fingerprint density at radius 1 is 1.35 bits per heavy atom. The van der Waals surface area contributed by atoms with Crippen molar-refractivity contribution in [1.29, 1.82) is 0 Å². The van der Waals surface area contributed by atoms with Gasteiger partial charge in [-0.05, 0) is 51.2 Å². The Morgan fingerprint density at radius 2 is 2.00 bits per heavy atom. The van der Waals surface area contributed by atoms with E-state index in [-0.39, 0.29) is 5.91 Å². The van der Waals surface area contributed by atoms with Gasteiger partial charge in [0, 0.05) is 17.6 Å². The number of nitrogens with zero attached hydrogens (tertiary/aromatic N) is 1. The van der Waals surface area contributed by atoms with Crippen molar-refractivity contribution >= 4 is 39.2 Å². The summed E-state index contributed by atoms with van der Waals surface area (Å²) in [5.74, 6) is 0.294. The van der Waals surface area contributed by atoms with Crippen LogP contribution in [0.4, 0.5) is 0 Å². The summed E-state index contributed by atoms with van der Waals surface area (Å²) in [6, 6.07) is 5.33. The largest absolute Gasteiger partial charge is 0.493 e. The second kappa shape index (κ2) is 8.21. The average Bonchev–Trinajstić information content (AvgIpc) is 2.42. The maximum Gasteiger partial charge on any atom is 0.261 e. The predicted octanol–water partition coefficient (Wildman–Crippen LogP) is 3.20. The number of amides is 1. The lowest BCUT2D eigenvalue weighted by Gasteiger charge is -2.22. The van der Waals surface area contributed by atoms with Gasteiger partial charge < -0.3 is 9.64 Å². The number of thiocarbonyl (C=S) groups is 1. The predicted molar refractivity (Wildman–Crippen MR) is 88.3 cm³/mol. The van der Waals surface area contributed by atoms with Crippen molar-refractivity contribution in [3.8, 4) is 5.75 Å². The van der Waals surface area contributed by atoms with Crippen molar-refractivity contribution in [3.63, 3.8) is 0 Å². The van der Waals surface area contributed by atoms with E-state index in [1.807, 2.05) is 31.7 Å². The van der Waals surface area contributed by atoms with Crippen LogP contribution in [0.25, 0.3) is 0 Å². The molecule has 20 heavy (non-hydrogen) atoms. The maximum absolute atomic E-state index is 12.3. The third kappa shape index (κ3) is 4.45. The van der Waals surface area contributed by atoms with Crippen molar-refractivity contribution in [2.45, 2.75) is 20.8 Å². The van der Waals surface area contributed by atoms with E-state index in [1.54, 1.807) is 12.1 Å². The van der Waals surface area contributed by atoms with Gasteiger partial charge in [0.05, 0.1) is 12.2 Å². The molecule has 0 saturated carbocycles. The number of ether oxygens (including phenoxy) is 1. The number of hydrogen-bond acceptors (Lipinski definition) is 3. The van der Waals surface area contributed by atoms with Crippen molar-refractivity contribution in [1.82, 2.24) is 10.2 Å². The van der Waals surface area contributed by atoms with Gasteiger partial charge in [0.25, 0.3) is 5.91 Å². The highest BCUT2D eigenvalue weighted by Gasteiger charge is 2.16. The van der Waals surface area contributed by atoms with Gasteiger partial charge in [-0.15, -0.1) is 0 Å². The van der Waals surface area contributed by atoms with Crippen LogP contribution in [0.5, 0.6) is 5.75 Å². The Hall–Kier alpha value is -1.14. The second-order valence-corrected chi connectivity index (χ2v) is 5.31. The number of halogens is 1. The summed E-state index contributed by atoms with van der Waals surface area (Å²) < 4.78 is 6.29. The molecular formula is C14H19BrN2O2S. The Morgan fingerprint density at radius 3 is 2.55 bits per heavy atom. The van der Waals surface area contributed by atoms with Crippen molar-refractivity contribution < 1.29 is 9.53 Å². The van der Waals surface area contributed by atoms with Crippen LogP contribution in [-0.2, 0) is 0 Å². The summed E-state index contributed by atoms with van der Waals surface area (Å²) in [7, 11) is 0. The summed E-state index contributed by atoms with van der Waals surface area (Å²) in [5.41, 5.74) is 0.468. The smallest absolute Gasteiger partial charge is 0.261 e. The van der Waals surface area contributed by atoms with Gasteiger partial charge in [0.1, 0.15) is 5.75 Å². The molecule has 0 spiro atoms.